The minimum atomic E-state index is -4.07. The zero-order valence-corrected chi connectivity index (χ0v) is 22.2. The summed E-state index contributed by atoms with van der Waals surface area (Å²) in [6.07, 6.45) is 4.28. The summed E-state index contributed by atoms with van der Waals surface area (Å²) in [5.74, 6) is 0.0385. The van der Waals surface area contributed by atoms with Gasteiger partial charge in [0.15, 0.2) is 0 Å². The highest BCUT2D eigenvalue weighted by molar-refractivity contribution is 7.91. The van der Waals surface area contributed by atoms with E-state index in [9.17, 15) is 13.2 Å². The first-order chi connectivity index (χ1) is 17.6. The van der Waals surface area contributed by atoms with Crippen molar-refractivity contribution in [3.05, 3.63) is 99.6 Å². The number of piperidine rings is 1. The highest BCUT2D eigenvalue weighted by atomic mass is 32.2. The average molecular weight is 519 g/mol. The van der Waals surface area contributed by atoms with E-state index in [1.165, 1.54) is 17.8 Å². The number of benzene rings is 3. The van der Waals surface area contributed by atoms with Gasteiger partial charge in [0, 0.05) is 26.3 Å². The number of halogens is 1. The predicted molar refractivity (Wildman–Crippen MR) is 146 cm³/mol. The lowest BCUT2D eigenvalue weighted by Gasteiger charge is -2.34. The zero-order chi connectivity index (χ0) is 26.3. The molecule has 7 heteroatoms. The molecule has 192 valence electrons. The molecule has 1 fully saturated rings. The van der Waals surface area contributed by atoms with Gasteiger partial charge in [-0.05, 0) is 80.0 Å². The summed E-state index contributed by atoms with van der Waals surface area (Å²) in [5, 5.41) is 0.0631. The predicted octanol–water partition coefficient (Wildman–Crippen LogP) is 5.59. The Morgan fingerprint density at radius 3 is 2.24 bits per heavy atom. The van der Waals surface area contributed by atoms with Crippen LogP contribution in [0.15, 0.2) is 81.4 Å². The summed E-state index contributed by atoms with van der Waals surface area (Å²) < 4.78 is 43.8. The molecule has 0 spiro atoms. The molecule has 3 aromatic carbocycles. The van der Waals surface area contributed by atoms with Gasteiger partial charge in [-0.3, -0.25) is 4.79 Å². The number of fused-ring (bicyclic) bond motifs is 1. The van der Waals surface area contributed by atoms with Crippen molar-refractivity contribution in [3.63, 3.8) is 0 Å². The van der Waals surface area contributed by atoms with Crippen LogP contribution in [0.2, 0.25) is 0 Å². The fourth-order valence-corrected chi connectivity index (χ4v) is 7.02. The van der Waals surface area contributed by atoms with E-state index >= 15 is 4.39 Å². The van der Waals surface area contributed by atoms with Crippen molar-refractivity contribution in [2.75, 3.05) is 18.0 Å². The number of aromatic nitrogens is 1. The van der Waals surface area contributed by atoms with Crippen molar-refractivity contribution < 1.29 is 12.8 Å². The van der Waals surface area contributed by atoms with E-state index < -0.39 is 21.1 Å². The SMILES string of the molecule is Cc1cc(C)cc(S(=O)(=O)c2cn(C)c3cc(N4CCC(Cc5ccccc5)CC4)c(F)cc3c2=O)c1. The van der Waals surface area contributed by atoms with Gasteiger partial charge in [-0.25, -0.2) is 12.8 Å². The van der Waals surface area contributed by atoms with Crippen LogP contribution in [0.25, 0.3) is 10.9 Å². The van der Waals surface area contributed by atoms with Crippen LogP contribution in [-0.2, 0) is 23.3 Å². The Hall–Kier alpha value is -3.45. The third-order valence-electron chi connectivity index (χ3n) is 7.34. The fraction of sp³-hybridized carbons (Fsp3) is 0.300. The molecule has 0 aliphatic carbocycles. The van der Waals surface area contributed by atoms with Crippen molar-refractivity contribution in [1.29, 1.82) is 0 Å². The number of hydrogen-bond acceptors (Lipinski definition) is 4. The first-order valence-electron chi connectivity index (χ1n) is 12.6. The third kappa shape index (κ3) is 4.92. The van der Waals surface area contributed by atoms with Crippen LogP contribution in [0.1, 0.15) is 29.5 Å². The largest absolute Gasteiger partial charge is 0.369 e. The van der Waals surface area contributed by atoms with Crippen LogP contribution in [0.4, 0.5) is 10.1 Å². The van der Waals surface area contributed by atoms with Crippen molar-refractivity contribution in [1.82, 2.24) is 4.57 Å². The van der Waals surface area contributed by atoms with Gasteiger partial charge in [-0.2, -0.15) is 0 Å². The number of nitrogens with zero attached hydrogens (tertiary/aromatic N) is 2. The van der Waals surface area contributed by atoms with E-state index in [1.807, 2.05) is 30.9 Å². The smallest absolute Gasteiger partial charge is 0.211 e. The topological polar surface area (TPSA) is 59.4 Å². The van der Waals surface area contributed by atoms with E-state index in [0.717, 1.165) is 43.5 Å². The van der Waals surface area contributed by atoms with Crippen molar-refractivity contribution >= 4 is 26.4 Å². The van der Waals surface area contributed by atoms with Crippen LogP contribution in [-0.4, -0.2) is 26.1 Å². The van der Waals surface area contributed by atoms with Gasteiger partial charge in [0.05, 0.1) is 21.5 Å². The number of pyridine rings is 1. The normalized spacial score (nSPS) is 14.9. The maximum absolute atomic E-state index is 15.4. The quantitative estimate of drug-likeness (QED) is 0.346. The molecule has 1 aliphatic heterocycles. The molecule has 2 heterocycles. The molecule has 1 aliphatic rings. The summed E-state index contributed by atoms with van der Waals surface area (Å²) in [4.78, 5) is 15.1. The Morgan fingerprint density at radius 1 is 0.946 bits per heavy atom. The third-order valence-corrected chi connectivity index (χ3v) is 9.07. The van der Waals surface area contributed by atoms with Gasteiger partial charge < -0.3 is 9.47 Å². The standard InChI is InChI=1S/C30H31FN2O3S/c1-20-13-21(2)15-24(14-20)37(35,36)29-19-32(3)27-18-28(26(31)17-25(27)30(29)34)33-11-9-23(10-12-33)16-22-7-5-4-6-8-22/h4-8,13-15,17-19,23H,9-12,16H2,1-3H3. The zero-order valence-electron chi connectivity index (χ0n) is 21.4. The monoisotopic (exact) mass is 518 g/mol. The average Bonchev–Trinajstić information content (AvgIpc) is 2.86. The van der Waals surface area contributed by atoms with Crippen LogP contribution in [0.5, 0.6) is 0 Å². The summed E-state index contributed by atoms with van der Waals surface area (Å²) in [7, 11) is -2.38. The van der Waals surface area contributed by atoms with Gasteiger partial charge >= 0.3 is 0 Å². The van der Waals surface area contributed by atoms with Crippen LogP contribution in [0.3, 0.4) is 0 Å². The highest BCUT2D eigenvalue weighted by Crippen LogP contribution is 2.31. The number of aryl methyl sites for hydroxylation is 3. The Morgan fingerprint density at radius 2 is 1.59 bits per heavy atom. The second kappa shape index (κ2) is 9.78. The lowest BCUT2D eigenvalue weighted by molar-refractivity contribution is 0.401. The van der Waals surface area contributed by atoms with Gasteiger partial charge in [0.25, 0.3) is 0 Å². The molecule has 0 N–H and O–H groups in total. The molecule has 4 aromatic rings. The van der Waals surface area contributed by atoms with Gasteiger partial charge in [-0.15, -0.1) is 0 Å². The molecule has 1 saturated heterocycles. The Labute approximate surface area is 217 Å². The van der Waals surface area contributed by atoms with Crippen LogP contribution in [0, 0.1) is 25.6 Å². The Bertz CT molecular complexity index is 1620. The Balaban J connectivity index is 1.46. The molecule has 1 aromatic heterocycles. The van der Waals surface area contributed by atoms with Gasteiger partial charge in [0.1, 0.15) is 10.7 Å². The highest BCUT2D eigenvalue weighted by Gasteiger charge is 2.26. The molecule has 37 heavy (non-hydrogen) atoms. The molecule has 5 nitrogen and oxygen atoms in total. The Kier molecular flexibility index (Phi) is 6.67. The first-order valence-corrected chi connectivity index (χ1v) is 14.1. The molecular formula is C30H31FN2O3S. The lowest BCUT2D eigenvalue weighted by atomic mass is 9.90. The summed E-state index contributed by atoms with van der Waals surface area (Å²) in [5.41, 5.74) is 3.18. The first kappa shape index (κ1) is 25.2. The van der Waals surface area contributed by atoms with Crippen molar-refractivity contribution in [2.45, 2.75) is 42.9 Å². The maximum Gasteiger partial charge on any atom is 0.211 e. The molecule has 5 rings (SSSR count). The van der Waals surface area contributed by atoms with Crippen LogP contribution >= 0.6 is 0 Å². The van der Waals surface area contributed by atoms with E-state index in [1.54, 1.807) is 29.8 Å². The lowest BCUT2D eigenvalue weighted by Crippen LogP contribution is -2.35. The van der Waals surface area contributed by atoms with E-state index in [-0.39, 0.29) is 15.2 Å². The number of rotatable bonds is 5. The number of sulfone groups is 1. The van der Waals surface area contributed by atoms with E-state index in [4.69, 9.17) is 0 Å². The second-order valence-corrected chi connectivity index (χ2v) is 12.1. The summed E-state index contributed by atoms with van der Waals surface area (Å²) in [6, 6.07) is 18.3. The fourth-order valence-electron chi connectivity index (χ4n) is 5.44. The minimum Gasteiger partial charge on any atom is -0.369 e. The number of hydrogen-bond donors (Lipinski definition) is 0. The number of anilines is 1. The van der Waals surface area contributed by atoms with Gasteiger partial charge in [-0.1, -0.05) is 36.4 Å². The van der Waals surface area contributed by atoms with Crippen molar-refractivity contribution in [3.8, 4) is 0 Å². The maximum atomic E-state index is 15.4. The molecule has 0 bridgehead atoms. The molecule has 0 atom stereocenters. The van der Waals surface area contributed by atoms with E-state index in [0.29, 0.717) is 17.1 Å². The summed E-state index contributed by atoms with van der Waals surface area (Å²) in [6.45, 7) is 5.08. The van der Waals surface area contributed by atoms with Gasteiger partial charge in [0.2, 0.25) is 15.3 Å². The molecule has 0 saturated carbocycles. The summed E-state index contributed by atoms with van der Waals surface area (Å²) >= 11 is 0. The molecule has 0 radical (unpaired) electrons. The molecule has 0 amide bonds. The molecule has 0 unspecified atom stereocenters. The van der Waals surface area contributed by atoms with Crippen LogP contribution < -0.4 is 10.3 Å². The minimum absolute atomic E-state index is 0.0631. The second-order valence-electron chi connectivity index (χ2n) is 10.2. The van der Waals surface area contributed by atoms with Crippen molar-refractivity contribution in [2.24, 2.45) is 13.0 Å². The molecular weight excluding hydrogens is 487 g/mol. The van der Waals surface area contributed by atoms with E-state index in [2.05, 4.69) is 24.3 Å².